The number of amides is 1. The minimum Gasteiger partial charge on any atom is -0.453 e. The van der Waals surface area contributed by atoms with Crippen molar-refractivity contribution >= 4 is 6.09 Å². The molecule has 1 aliphatic heterocycles. The van der Waals surface area contributed by atoms with Gasteiger partial charge in [0.25, 0.3) is 0 Å². The first-order chi connectivity index (χ1) is 6.74. The molecule has 0 spiro atoms. The zero-order chi connectivity index (χ0) is 10.1. The van der Waals surface area contributed by atoms with Crippen LogP contribution >= 0.6 is 0 Å². The lowest BCUT2D eigenvalue weighted by molar-refractivity contribution is 0.0222. The molecule has 3 atom stereocenters. The molecule has 0 bridgehead atoms. The summed E-state index contributed by atoms with van der Waals surface area (Å²) in [6, 6.07) is 0.0104. The Hall–Kier alpha value is -0.770. The number of fused-ring (bicyclic) bond motifs is 1. The summed E-state index contributed by atoms with van der Waals surface area (Å²) in [5.74, 6) is 0.484. The van der Waals surface area contributed by atoms with Crippen molar-refractivity contribution in [3.63, 3.8) is 0 Å². The second kappa shape index (κ2) is 3.77. The molecule has 1 amide bonds. The average molecular weight is 199 g/mol. The molecule has 1 saturated heterocycles. The Bertz CT molecular complexity index is 231. The summed E-state index contributed by atoms with van der Waals surface area (Å²) < 4.78 is 4.71. The fourth-order valence-electron chi connectivity index (χ4n) is 2.81. The number of carbonyl (C=O) groups excluding carboxylic acids is 1. The van der Waals surface area contributed by atoms with Crippen molar-refractivity contribution in [2.45, 2.75) is 37.8 Å². The summed E-state index contributed by atoms with van der Waals surface area (Å²) in [5, 5.41) is 9.84. The number of methoxy groups -OCH3 is 1. The molecule has 4 nitrogen and oxygen atoms in total. The van der Waals surface area contributed by atoms with Crippen molar-refractivity contribution in [1.29, 1.82) is 0 Å². The minimum absolute atomic E-state index is 0.0104. The van der Waals surface area contributed by atoms with Crippen LogP contribution in [0.15, 0.2) is 0 Å². The van der Waals surface area contributed by atoms with Crippen LogP contribution in [0.4, 0.5) is 4.79 Å². The number of aliphatic hydroxyl groups is 1. The van der Waals surface area contributed by atoms with E-state index in [0.29, 0.717) is 5.92 Å². The van der Waals surface area contributed by atoms with Gasteiger partial charge in [-0.1, -0.05) is 6.42 Å². The van der Waals surface area contributed by atoms with Crippen molar-refractivity contribution in [3.05, 3.63) is 0 Å². The molecular formula is C10H17NO3. The quantitative estimate of drug-likeness (QED) is 0.633. The number of hydrogen-bond acceptors (Lipinski definition) is 3. The van der Waals surface area contributed by atoms with Crippen LogP contribution < -0.4 is 0 Å². The Balaban J connectivity index is 2.10. The fourth-order valence-corrected chi connectivity index (χ4v) is 2.81. The molecule has 1 heterocycles. The van der Waals surface area contributed by atoms with Gasteiger partial charge in [-0.3, -0.25) is 0 Å². The van der Waals surface area contributed by atoms with Crippen LogP contribution in [0, 0.1) is 5.92 Å². The molecule has 1 N–H and O–H groups in total. The van der Waals surface area contributed by atoms with Crippen molar-refractivity contribution in [2.75, 3.05) is 13.7 Å². The van der Waals surface area contributed by atoms with Gasteiger partial charge in [0.15, 0.2) is 0 Å². The predicted molar refractivity (Wildman–Crippen MR) is 50.9 cm³/mol. The molecule has 14 heavy (non-hydrogen) atoms. The van der Waals surface area contributed by atoms with Crippen LogP contribution in [-0.2, 0) is 4.74 Å². The molecule has 0 aromatic rings. The molecule has 80 valence electrons. The van der Waals surface area contributed by atoms with Gasteiger partial charge in [-0.2, -0.15) is 0 Å². The molecule has 2 rings (SSSR count). The third-order valence-electron chi connectivity index (χ3n) is 3.46. The van der Waals surface area contributed by atoms with Gasteiger partial charge in [-0.25, -0.2) is 4.79 Å². The standard InChI is InChI=1S/C10H17NO3/c1-14-10(13)11-6-5-7-3-2-4-8(12)9(7)11/h7-9,12H,2-6H2,1H3/t7-,8+,9-/m0/s1. The van der Waals surface area contributed by atoms with E-state index in [0.717, 1.165) is 32.2 Å². The normalized spacial score (nSPS) is 36.7. The Morgan fingerprint density at radius 3 is 2.93 bits per heavy atom. The molecule has 0 aromatic carbocycles. The lowest BCUT2D eigenvalue weighted by Crippen LogP contribution is -2.47. The first kappa shape index (κ1) is 9.77. The smallest absolute Gasteiger partial charge is 0.409 e. The van der Waals surface area contributed by atoms with E-state index < -0.39 is 0 Å². The molecule has 0 aromatic heterocycles. The van der Waals surface area contributed by atoms with Gasteiger partial charge in [0.05, 0.1) is 19.3 Å². The van der Waals surface area contributed by atoms with E-state index in [4.69, 9.17) is 4.74 Å². The number of ether oxygens (including phenoxy) is 1. The number of likely N-dealkylation sites (tertiary alicyclic amines) is 1. The minimum atomic E-state index is -0.352. The zero-order valence-corrected chi connectivity index (χ0v) is 8.48. The van der Waals surface area contributed by atoms with Crippen molar-refractivity contribution < 1.29 is 14.6 Å². The topological polar surface area (TPSA) is 49.8 Å². The highest BCUT2D eigenvalue weighted by atomic mass is 16.5. The van der Waals surface area contributed by atoms with Gasteiger partial charge in [0.1, 0.15) is 0 Å². The second-order valence-electron chi connectivity index (χ2n) is 4.20. The van der Waals surface area contributed by atoms with E-state index in [1.54, 1.807) is 4.90 Å². The Morgan fingerprint density at radius 2 is 2.21 bits per heavy atom. The van der Waals surface area contributed by atoms with Crippen LogP contribution in [0.5, 0.6) is 0 Å². The number of carbonyl (C=O) groups is 1. The first-order valence-electron chi connectivity index (χ1n) is 5.26. The lowest BCUT2D eigenvalue weighted by atomic mass is 9.83. The summed E-state index contributed by atoms with van der Waals surface area (Å²) in [7, 11) is 1.39. The van der Waals surface area contributed by atoms with Crippen LogP contribution in [0.25, 0.3) is 0 Å². The van der Waals surface area contributed by atoms with E-state index in [1.807, 2.05) is 0 Å². The van der Waals surface area contributed by atoms with Gasteiger partial charge in [-0.15, -0.1) is 0 Å². The van der Waals surface area contributed by atoms with Crippen molar-refractivity contribution in [1.82, 2.24) is 4.90 Å². The predicted octanol–water partition coefficient (Wildman–Crippen LogP) is 0.988. The van der Waals surface area contributed by atoms with E-state index in [2.05, 4.69) is 0 Å². The SMILES string of the molecule is COC(=O)N1CC[C@@H]2CCC[C@@H](O)[C@H]21. The average Bonchev–Trinajstić information content (AvgIpc) is 2.62. The summed E-state index contributed by atoms with van der Waals surface area (Å²) in [6.45, 7) is 0.735. The number of nitrogens with zero attached hydrogens (tertiary/aromatic N) is 1. The Morgan fingerprint density at radius 1 is 1.43 bits per heavy atom. The fraction of sp³-hybridized carbons (Fsp3) is 0.900. The highest BCUT2D eigenvalue weighted by Crippen LogP contribution is 2.36. The highest BCUT2D eigenvalue weighted by molar-refractivity contribution is 5.68. The second-order valence-corrected chi connectivity index (χ2v) is 4.20. The maximum absolute atomic E-state index is 11.4. The maximum Gasteiger partial charge on any atom is 0.409 e. The third-order valence-corrected chi connectivity index (χ3v) is 3.46. The summed E-state index contributed by atoms with van der Waals surface area (Å²) in [6.07, 6.45) is 3.40. The lowest BCUT2D eigenvalue weighted by Gasteiger charge is -2.34. The molecule has 0 unspecified atom stereocenters. The maximum atomic E-state index is 11.4. The molecular weight excluding hydrogens is 182 g/mol. The number of hydrogen-bond donors (Lipinski definition) is 1. The molecule has 2 fully saturated rings. The summed E-state index contributed by atoms with van der Waals surface area (Å²) in [4.78, 5) is 13.1. The van der Waals surface area contributed by atoms with Crippen molar-refractivity contribution in [3.8, 4) is 0 Å². The molecule has 0 radical (unpaired) electrons. The summed E-state index contributed by atoms with van der Waals surface area (Å²) in [5.41, 5.74) is 0. The third kappa shape index (κ3) is 1.47. The number of aliphatic hydroxyl groups excluding tert-OH is 1. The molecule has 1 aliphatic carbocycles. The van der Waals surface area contributed by atoms with Crippen molar-refractivity contribution in [2.24, 2.45) is 5.92 Å². The highest BCUT2D eigenvalue weighted by Gasteiger charge is 2.43. The molecule has 1 saturated carbocycles. The summed E-state index contributed by atoms with van der Waals surface area (Å²) >= 11 is 0. The van der Waals surface area contributed by atoms with Gasteiger partial charge in [-0.05, 0) is 25.2 Å². The largest absolute Gasteiger partial charge is 0.453 e. The first-order valence-corrected chi connectivity index (χ1v) is 5.26. The van der Waals surface area contributed by atoms with Crippen LogP contribution in [0.2, 0.25) is 0 Å². The van der Waals surface area contributed by atoms with Gasteiger partial charge >= 0.3 is 6.09 Å². The van der Waals surface area contributed by atoms with E-state index in [9.17, 15) is 9.90 Å². The molecule has 2 aliphatic rings. The van der Waals surface area contributed by atoms with E-state index in [1.165, 1.54) is 7.11 Å². The van der Waals surface area contributed by atoms with E-state index in [-0.39, 0.29) is 18.2 Å². The monoisotopic (exact) mass is 199 g/mol. The van der Waals surface area contributed by atoms with Gasteiger partial charge in [0, 0.05) is 6.54 Å². The Kier molecular flexibility index (Phi) is 2.63. The Labute approximate surface area is 83.8 Å². The van der Waals surface area contributed by atoms with Gasteiger partial charge in [0.2, 0.25) is 0 Å². The van der Waals surface area contributed by atoms with Crippen LogP contribution in [0.3, 0.4) is 0 Å². The van der Waals surface area contributed by atoms with Crippen LogP contribution in [0.1, 0.15) is 25.7 Å². The van der Waals surface area contributed by atoms with E-state index >= 15 is 0 Å². The van der Waals surface area contributed by atoms with Crippen LogP contribution in [-0.4, -0.2) is 41.9 Å². The van der Waals surface area contributed by atoms with Gasteiger partial charge < -0.3 is 14.7 Å². The molecule has 4 heteroatoms. The number of rotatable bonds is 0. The zero-order valence-electron chi connectivity index (χ0n) is 8.48.